The maximum absolute atomic E-state index is 10.7. The summed E-state index contributed by atoms with van der Waals surface area (Å²) in [4.78, 5) is 10.3. The molecule has 3 rings (SSSR count). The molecule has 0 fully saturated rings. The molecule has 8 heteroatoms. The molecule has 1 aliphatic heterocycles. The first-order valence-corrected chi connectivity index (χ1v) is 6.77. The molecule has 0 aromatic carbocycles. The minimum atomic E-state index is -0.444. The second-order valence-electron chi connectivity index (χ2n) is 5.05. The topological polar surface area (TPSA) is 91.7 Å². The van der Waals surface area contributed by atoms with Crippen LogP contribution in [0.1, 0.15) is 43.9 Å². The van der Waals surface area contributed by atoms with Crippen molar-refractivity contribution in [1.82, 2.24) is 24.5 Å². The van der Waals surface area contributed by atoms with E-state index in [2.05, 4.69) is 19.9 Å². The molecule has 1 atom stereocenters. The number of nitrogens with zero attached hydrogens (tertiary/aromatic N) is 6. The third-order valence-corrected chi connectivity index (χ3v) is 3.71. The number of fused-ring (bicyclic) bond motifs is 1. The minimum Gasteiger partial charge on any atom is -0.313 e. The predicted molar refractivity (Wildman–Crippen MR) is 70.3 cm³/mol. The molecular weight excluding hydrogens is 260 g/mol. The van der Waals surface area contributed by atoms with Gasteiger partial charge in [-0.1, -0.05) is 6.42 Å². The second kappa shape index (κ2) is 5.03. The lowest BCUT2D eigenvalue weighted by Gasteiger charge is -2.13. The van der Waals surface area contributed by atoms with Crippen molar-refractivity contribution in [1.29, 1.82) is 0 Å². The molecule has 0 saturated heterocycles. The smallest absolute Gasteiger partial charge is 0.307 e. The average Bonchev–Trinajstić information content (AvgIpc) is 3.01. The highest BCUT2D eigenvalue weighted by molar-refractivity contribution is 5.21. The predicted octanol–water partition coefficient (Wildman–Crippen LogP) is 1.72. The Labute approximate surface area is 115 Å². The van der Waals surface area contributed by atoms with Crippen molar-refractivity contribution in [3.05, 3.63) is 34.2 Å². The molecule has 8 nitrogen and oxygen atoms in total. The Hall–Kier alpha value is -2.25. The van der Waals surface area contributed by atoms with E-state index in [1.807, 2.05) is 6.92 Å². The summed E-state index contributed by atoms with van der Waals surface area (Å²) in [6.45, 7) is 2.84. The highest BCUT2D eigenvalue weighted by Crippen LogP contribution is 2.22. The summed E-state index contributed by atoms with van der Waals surface area (Å²) in [6, 6.07) is -0.164. The Kier molecular flexibility index (Phi) is 3.21. The Morgan fingerprint density at radius 3 is 2.95 bits per heavy atom. The number of hydrogen-bond acceptors (Lipinski definition) is 5. The van der Waals surface area contributed by atoms with E-state index in [9.17, 15) is 10.1 Å². The summed E-state index contributed by atoms with van der Waals surface area (Å²) in [5.74, 6) is 1.82. The highest BCUT2D eigenvalue weighted by atomic mass is 16.6. The normalized spacial score (nSPS) is 16.4. The van der Waals surface area contributed by atoms with Crippen molar-refractivity contribution >= 4 is 5.69 Å². The molecule has 106 valence electrons. The molecule has 0 spiro atoms. The van der Waals surface area contributed by atoms with E-state index in [1.54, 1.807) is 4.68 Å². The van der Waals surface area contributed by atoms with Crippen LogP contribution >= 0.6 is 0 Å². The van der Waals surface area contributed by atoms with Gasteiger partial charge in [-0.3, -0.25) is 14.8 Å². The lowest BCUT2D eigenvalue weighted by Crippen LogP contribution is -2.15. The van der Waals surface area contributed by atoms with Gasteiger partial charge in [-0.2, -0.15) is 5.10 Å². The van der Waals surface area contributed by atoms with Crippen LogP contribution in [0.25, 0.3) is 0 Å². The first-order valence-electron chi connectivity index (χ1n) is 6.77. The van der Waals surface area contributed by atoms with Crippen LogP contribution in [0.15, 0.2) is 12.4 Å². The van der Waals surface area contributed by atoms with Crippen molar-refractivity contribution in [3.63, 3.8) is 0 Å². The lowest BCUT2D eigenvalue weighted by atomic mass is 10.2. The fraction of sp³-hybridized carbons (Fsp3) is 0.583. The van der Waals surface area contributed by atoms with Gasteiger partial charge in [0.1, 0.15) is 24.3 Å². The summed E-state index contributed by atoms with van der Waals surface area (Å²) in [5, 5.41) is 23.3. The molecule has 0 saturated carbocycles. The molecule has 0 bridgehead atoms. The van der Waals surface area contributed by atoms with Crippen LogP contribution in [0, 0.1) is 10.1 Å². The van der Waals surface area contributed by atoms with Crippen molar-refractivity contribution in [2.24, 2.45) is 0 Å². The zero-order valence-electron chi connectivity index (χ0n) is 11.3. The van der Waals surface area contributed by atoms with E-state index in [0.29, 0.717) is 0 Å². The molecule has 0 aliphatic carbocycles. The van der Waals surface area contributed by atoms with Crippen LogP contribution in [0.3, 0.4) is 0 Å². The Morgan fingerprint density at radius 2 is 2.20 bits per heavy atom. The van der Waals surface area contributed by atoms with Gasteiger partial charge in [-0.05, 0) is 19.8 Å². The van der Waals surface area contributed by atoms with E-state index < -0.39 is 4.92 Å². The number of nitro groups is 1. The maximum atomic E-state index is 10.7. The lowest BCUT2D eigenvalue weighted by molar-refractivity contribution is -0.385. The molecule has 1 aliphatic rings. The van der Waals surface area contributed by atoms with Gasteiger partial charge in [0.2, 0.25) is 0 Å². The molecule has 2 aromatic rings. The quantitative estimate of drug-likeness (QED) is 0.628. The SMILES string of the molecule is C[C@@H](c1nnc2n1CCCCC2)n1cc([N+](=O)[O-])cn1. The molecule has 0 N–H and O–H groups in total. The van der Waals surface area contributed by atoms with Gasteiger partial charge in [-0.25, -0.2) is 0 Å². The molecule has 0 amide bonds. The largest absolute Gasteiger partial charge is 0.313 e. The van der Waals surface area contributed by atoms with Crippen LogP contribution in [-0.2, 0) is 13.0 Å². The van der Waals surface area contributed by atoms with E-state index in [1.165, 1.54) is 18.8 Å². The van der Waals surface area contributed by atoms with Crippen LogP contribution in [0.5, 0.6) is 0 Å². The first kappa shape index (κ1) is 12.8. The van der Waals surface area contributed by atoms with Gasteiger partial charge < -0.3 is 4.57 Å². The van der Waals surface area contributed by atoms with Crippen molar-refractivity contribution < 1.29 is 4.92 Å². The molecule has 3 heterocycles. The number of hydrogen-bond donors (Lipinski definition) is 0. The Morgan fingerprint density at radius 1 is 1.35 bits per heavy atom. The molecular formula is C12H16N6O2. The van der Waals surface area contributed by atoms with Gasteiger partial charge >= 0.3 is 5.69 Å². The highest BCUT2D eigenvalue weighted by Gasteiger charge is 2.22. The molecule has 0 radical (unpaired) electrons. The van der Waals surface area contributed by atoms with Gasteiger partial charge in [-0.15, -0.1) is 10.2 Å². The van der Waals surface area contributed by atoms with E-state index >= 15 is 0 Å². The van der Waals surface area contributed by atoms with Crippen molar-refractivity contribution in [3.8, 4) is 0 Å². The maximum Gasteiger partial charge on any atom is 0.307 e. The fourth-order valence-corrected chi connectivity index (χ4v) is 2.57. The average molecular weight is 276 g/mol. The van der Waals surface area contributed by atoms with Crippen LogP contribution in [0.4, 0.5) is 5.69 Å². The Bertz CT molecular complexity index is 632. The van der Waals surface area contributed by atoms with E-state index in [4.69, 9.17) is 0 Å². The zero-order valence-corrected chi connectivity index (χ0v) is 11.3. The van der Waals surface area contributed by atoms with E-state index in [0.717, 1.165) is 37.5 Å². The van der Waals surface area contributed by atoms with Crippen LogP contribution in [-0.4, -0.2) is 29.5 Å². The standard InChI is InChI=1S/C12H16N6O2/c1-9(17-8-10(7-13-17)18(19)20)12-15-14-11-5-3-2-4-6-16(11)12/h7-9H,2-6H2,1H3/t9-/m0/s1. The van der Waals surface area contributed by atoms with Crippen molar-refractivity contribution in [2.45, 2.75) is 45.2 Å². The molecule has 20 heavy (non-hydrogen) atoms. The van der Waals surface area contributed by atoms with Crippen molar-refractivity contribution in [2.75, 3.05) is 0 Å². The zero-order chi connectivity index (χ0) is 14.1. The van der Waals surface area contributed by atoms with Gasteiger partial charge in [0.15, 0.2) is 5.82 Å². The monoisotopic (exact) mass is 276 g/mol. The van der Waals surface area contributed by atoms with E-state index in [-0.39, 0.29) is 11.7 Å². The summed E-state index contributed by atoms with van der Waals surface area (Å²) in [6.07, 6.45) is 7.09. The van der Waals surface area contributed by atoms with Gasteiger partial charge in [0, 0.05) is 13.0 Å². The molecule has 0 unspecified atom stereocenters. The van der Waals surface area contributed by atoms with Crippen LogP contribution < -0.4 is 0 Å². The summed E-state index contributed by atoms with van der Waals surface area (Å²) in [7, 11) is 0. The molecule has 2 aromatic heterocycles. The van der Waals surface area contributed by atoms with Crippen LogP contribution in [0.2, 0.25) is 0 Å². The van der Waals surface area contributed by atoms with Gasteiger partial charge in [0.05, 0.1) is 4.92 Å². The second-order valence-corrected chi connectivity index (χ2v) is 5.05. The Balaban J connectivity index is 1.91. The first-order chi connectivity index (χ1) is 9.66. The third-order valence-electron chi connectivity index (χ3n) is 3.71. The summed E-state index contributed by atoms with van der Waals surface area (Å²) >= 11 is 0. The summed E-state index contributed by atoms with van der Waals surface area (Å²) < 4.78 is 3.70. The minimum absolute atomic E-state index is 0.00699. The fourth-order valence-electron chi connectivity index (χ4n) is 2.57. The summed E-state index contributed by atoms with van der Waals surface area (Å²) in [5.41, 5.74) is -0.00699. The number of aryl methyl sites for hydroxylation is 1. The number of aromatic nitrogens is 5. The van der Waals surface area contributed by atoms with Gasteiger partial charge in [0.25, 0.3) is 0 Å². The number of rotatable bonds is 3. The third kappa shape index (κ3) is 2.17.